The van der Waals surface area contributed by atoms with Crippen LogP contribution < -0.4 is 10.6 Å². The SMILES string of the molecule is CCCCCCCCCC(CCCC(CO)C(C)C)C(C)C.O=C(O)NC(=O)Nc1ccccc1. The molecule has 0 saturated heterocycles. The summed E-state index contributed by atoms with van der Waals surface area (Å²) in [5, 5.41) is 21.6. The van der Waals surface area contributed by atoms with Crippen molar-refractivity contribution in [3.63, 3.8) is 0 Å². The number of urea groups is 1. The Morgan fingerprint density at radius 1 is 0.771 bits per heavy atom. The summed E-state index contributed by atoms with van der Waals surface area (Å²) < 4.78 is 0. The van der Waals surface area contributed by atoms with Gasteiger partial charge in [0.15, 0.2) is 0 Å². The number of aliphatic hydroxyl groups is 1. The topological polar surface area (TPSA) is 98.7 Å². The number of aliphatic hydroxyl groups excluding tert-OH is 1. The molecule has 4 N–H and O–H groups in total. The number of imide groups is 1. The molecule has 0 saturated carbocycles. The van der Waals surface area contributed by atoms with Crippen molar-refractivity contribution in [3.05, 3.63) is 30.3 Å². The Morgan fingerprint density at radius 3 is 1.80 bits per heavy atom. The van der Waals surface area contributed by atoms with Crippen molar-refractivity contribution in [2.24, 2.45) is 23.7 Å². The van der Waals surface area contributed by atoms with Crippen LogP contribution in [-0.4, -0.2) is 28.9 Å². The molecule has 0 aromatic heterocycles. The van der Waals surface area contributed by atoms with Gasteiger partial charge in [-0.25, -0.2) is 14.9 Å². The summed E-state index contributed by atoms with van der Waals surface area (Å²) in [6, 6.07) is 7.80. The lowest BCUT2D eigenvalue weighted by molar-refractivity contribution is 0.173. The van der Waals surface area contributed by atoms with Gasteiger partial charge in [-0.3, -0.25) is 0 Å². The maximum Gasteiger partial charge on any atom is 0.412 e. The number of carboxylic acid groups (broad SMARTS) is 1. The van der Waals surface area contributed by atoms with Crippen LogP contribution in [-0.2, 0) is 0 Å². The number of benzene rings is 1. The first kappa shape index (κ1) is 32.9. The van der Waals surface area contributed by atoms with Gasteiger partial charge >= 0.3 is 12.1 Å². The average molecular weight is 493 g/mol. The van der Waals surface area contributed by atoms with Crippen molar-refractivity contribution in [3.8, 4) is 0 Å². The zero-order chi connectivity index (χ0) is 26.5. The molecule has 0 radical (unpaired) electrons. The first-order valence-corrected chi connectivity index (χ1v) is 13.7. The molecule has 6 nitrogen and oxygen atoms in total. The number of nitrogens with one attached hydrogen (secondary N) is 2. The minimum atomic E-state index is -1.38. The highest BCUT2D eigenvalue weighted by molar-refractivity contribution is 5.98. The van der Waals surface area contributed by atoms with Gasteiger partial charge in [-0.1, -0.05) is 117 Å². The van der Waals surface area contributed by atoms with E-state index in [1.807, 2.05) is 0 Å². The van der Waals surface area contributed by atoms with Gasteiger partial charge in [0, 0.05) is 12.3 Å². The third-order valence-corrected chi connectivity index (χ3v) is 6.70. The maximum absolute atomic E-state index is 10.8. The van der Waals surface area contributed by atoms with Gasteiger partial charge in [0.25, 0.3) is 0 Å². The van der Waals surface area contributed by atoms with Crippen molar-refractivity contribution in [1.29, 1.82) is 0 Å². The number of carbonyl (C=O) groups is 2. The molecule has 1 aromatic carbocycles. The Balaban J connectivity index is 0.000000750. The second kappa shape index (κ2) is 21.2. The Bertz CT molecular complexity index is 649. The van der Waals surface area contributed by atoms with Gasteiger partial charge in [0.05, 0.1) is 0 Å². The number of carbonyl (C=O) groups excluding carboxylic acids is 1. The second-order valence-electron chi connectivity index (χ2n) is 10.3. The van der Waals surface area contributed by atoms with Crippen LogP contribution in [0.15, 0.2) is 30.3 Å². The van der Waals surface area contributed by atoms with Gasteiger partial charge in [-0.2, -0.15) is 0 Å². The highest BCUT2D eigenvalue weighted by Gasteiger charge is 2.16. The van der Waals surface area contributed by atoms with E-state index in [1.54, 1.807) is 35.6 Å². The normalized spacial score (nSPS) is 12.6. The fraction of sp³-hybridized carbons (Fsp3) is 0.724. The number of hydrogen-bond acceptors (Lipinski definition) is 3. The zero-order valence-corrected chi connectivity index (χ0v) is 22.9. The minimum Gasteiger partial charge on any atom is -0.465 e. The van der Waals surface area contributed by atoms with E-state index in [2.05, 4.69) is 39.9 Å². The summed E-state index contributed by atoms with van der Waals surface area (Å²) in [4.78, 5) is 20.8. The Labute approximate surface area is 214 Å². The van der Waals surface area contributed by atoms with E-state index in [4.69, 9.17) is 5.11 Å². The number of anilines is 1. The molecule has 202 valence electrons. The lowest BCUT2D eigenvalue weighted by atomic mass is 9.83. The number of amides is 3. The van der Waals surface area contributed by atoms with E-state index in [0.29, 0.717) is 24.1 Å². The summed E-state index contributed by atoms with van der Waals surface area (Å²) in [6.07, 6.45) is 13.8. The molecule has 2 unspecified atom stereocenters. The quantitative estimate of drug-likeness (QED) is 0.174. The lowest BCUT2D eigenvalue weighted by Gasteiger charge is -2.23. The Kier molecular flexibility index (Phi) is 20.0. The summed E-state index contributed by atoms with van der Waals surface area (Å²) >= 11 is 0. The smallest absolute Gasteiger partial charge is 0.412 e. The van der Waals surface area contributed by atoms with Gasteiger partial charge in [0.2, 0.25) is 0 Å². The molecular weight excluding hydrogens is 440 g/mol. The highest BCUT2D eigenvalue weighted by atomic mass is 16.4. The first-order valence-electron chi connectivity index (χ1n) is 13.7. The highest BCUT2D eigenvalue weighted by Crippen LogP contribution is 2.27. The molecular formula is C29H52N2O4. The minimum absolute atomic E-state index is 0.363. The average Bonchev–Trinajstić information content (AvgIpc) is 2.80. The zero-order valence-electron chi connectivity index (χ0n) is 22.9. The van der Waals surface area contributed by atoms with Crippen LogP contribution in [0.25, 0.3) is 0 Å². The molecule has 0 fully saturated rings. The third-order valence-electron chi connectivity index (χ3n) is 6.70. The molecule has 6 heteroatoms. The molecule has 0 aliphatic rings. The van der Waals surface area contributed by atoms with E-state index in [0.717, 1.165) is 11.8 Å². The fourth-order valence-corrected chi connectivity index (χ4v) is 4.23. The number of hydrogen-bond donors (Lipinski definition) is 4. The van der Waals surface area contributed by atoms with Gasteiger partial charge in [-0.05, 0) is 42.2 Å². The predicted molar refractivity (Wildman–Crippen MR) is 147 cm³/mol. The first-order chi connectivity index (χ1) is 16.7. The molecule has 0 aliphatic heterocycles. The van der Waals surface area contributed by atoms with Crippen LogP contribution in [0.3, 0.4) is 0 Å². The number of rotatable bonds is 16. The maximum atomic E-state index is 10.8. The number of para-hydroxylation sites is 1. The molecule has 0 bridgehead atoms. The predicted octanol–water partition coefficient (Wildman–Crippen LogP) is 8.32. The van der Waals surface area contributed by atoms with E-state index in [9.17, 15) is 14.7 Å². The largest absolute Gasteiger partial charge is 0.465 e. The molecule has 1 rings (SSSR count). The molecule has 2 atom stereocenters. The van der Waals surface area contributed by atoms with Gasteiger partial charge < -0.3 is 15.5 Å². The lowest BCUT2D eigenvalue weighted by Crippen LogP contribution is -2.32. The molecule has 3 amide bonds. The van der Waals surface area contributed by atoms with Crippen LogP contribution in [0.5, 0.6) is 0 Å². The fourth-order valence-electron chi connectivity index (χ4n) is 4.23. The van der Waals surface area contributed by atoms with E-state index < -0.39 is 12.1 Å². The van der Waals surface area contributed by atoms with Gasteiger partial charge in [-0.15, -0.1) is 0 Å². The van der Waals surface area contributed by atoms with Gasteiger partial charge in [0.1, 0.15) is 0 Å². The monoisotopic (exact) mass is 492 g/mol. The van der Waals surface area contributed by atoms with Crippen molar-refractivity contribution >= 4 is 17.8 Å². The van der Waals surface area contributed by atoms with Crippen molar-refractivity contribution in [2.45, 2.75) is 105 Å². The van der Waals surface area contributed by atoms with Crippen LogP contribution in [0.4, 0.5) is 15.3 Å². The number of unbranched alkanes of at least 4 members (excludes halogenated alkanes) is 6. The van der Waals surface area contributed by atoms with Crippen LogP contribution in [0.1, 0.15) is 105 Å². The molecule has 1 aromatic rings. The van der Waals surface area contributed by atoms with Crippen molar-refractivity contribution in [2.75, 3.05) is 11.9 Å². The van der Waals surface area contributed by atoms with Crippen LogP contribution >= 0.6 is 0 Å². The molecule has 0 spiro atoms. The third kappa shape index (κ3) is 18.9. The summed E-state index contributed by atoms with van der Waals surface area (Å²) in [6.45, 7) is 11.9. The van der Waals surface area contributed by atoms with E-state index in [1.165, 1.54) is 70.6 Å². The summed E-state index contributed by atoms with van der Waals surface area (Å²) in [5.41, 5.74) is 0.543. The molecule has 0 heterocycles. The van der Waals surface area contributed by atoms with Crippen molar-refractivity contribution < 1.29 is 19.8 Å². The Morgan fingerprint density at radius 2 is 1.29 bits per heavy atom. The van der Waals surface area contributed by atoms with Crippen LogP contribution in [0, 0.1) is 23.7 Å². The van der Waals surface area contributed by atoms with Crippen molar-refractivity contribution in [1.82, 2.24) is 5.32 Å². The second-order valence-corrected chi connectivity index (χ2v) is 10.3. The summed E-state index contributed by atoms with van der Waals surface area (Å²) in [7, 11) is 0. The molecule has 35 heavy (non-hydrogen) atoms. The standard InChI is InChI=1S/C21H44O.C8H8N2O3/c1-6-7-8-9-10-11-12-14-20(18(2)3)15-13-16-21(17-22)19(4)5;11-7(10-8(12)13)9-6-4-2-1-3-5-6/h18-22H,6-17H2,1-5H3;1-5H,(H,12,13)(H2,9,10,11). The summed E-state index contributed by atoms with van der Waals surface area (Å²) in [5.74, 6) is 2.82. The van der Waals surface area contributed by atoms with E-state index in [-0.39, 0.29) is 0 Å². The Hall–Kier alpha value is -2.08. The van der Waals surface area contributed by atoms with E-state index >= 15 is 0 Å². The van der Waals surface area contributed by atoms with Crippen LogP contribution in [0.2, 0.25) is 0 Å². The molecule has 0 aliphatic carbocycles.